The predicted molar refractivity (Wildman–Crippen MR) is 84.3 cm³/mol. The molecule has 0 aromatic carbocycles. The fourth-order valence-corrected chi connectivity index (χ4v) is 4.76. The minimum Gasteiger partial charge on any atom is -0.480 e. The van der Waals surface area contributed by atoms with E-state index in [0.29, 0.717) is 5.75 Å². The molecule has 1 heterocycles. The van der Waals surface area contributed by atoms with Crippen molar-refractivity contribution in [1.82, 2.24) is 10.2 Å². The molecule has 6 heteroatoms. The summed E-state index contributed by atoms with van der Waals surface area (Å²) in [5, 5.41) is 12.4. The Bertz CT molecular complexity index is 436. The van der Waals surface area contributed by atoms with Crippen LogP contribution in [0.2, 0.25) is 0 Å². The normalized spacial score (nSPS) is 30.2. The van der Waals surface area contributed by atoms with E-state index >= 15 is 0 Å². The van der Waals surface area contributed by atoms with Crippen LogP contribution < -0.4 is 5.32 Å². The van der Waals surface area contributed by atoms with Crippen molar-refractivity contribution in [1.29, 1.82) is 0 Å². The Balaban J connectivity index is 2.10. The van der Waals surface area contributed by atoms with Gasteiger partial charge in [0.2, 0.25) is 0 Å². The molecule has 2 rings (SSSR count). The predicted octanol–water partition coefficient (Wildman–Crippen LogP) is 2.76. The first-order valence-electron chi connectivity index (χ1n) is 7.57. The van der Waals surface area contributed by atoms with Gasteiger partial charge in [-0.1, -0.05) is 41.0 Å². The Labute approximate surface area is 130 Å². The topological polar surface area (TPSA) is 69.6 Å². The van der Waals surface area contributed by atoms with Crippen LogP contribution in [-0.2, 0) is 4.79 Å². The monoisotopic (exact) mass is 314 g/mol. The van der Waals surface area contributed by atoms with Crippen molar-refractivity contribution in [3.05, 3.63) is 0 Å². The van der Waals surface area contributed by atoms with Crippen molar-refractivity contribution >= 4 is 23.8 Å². The van der Waals surface area contributed by atoms with Gasteiger partial charge < -0.3 is 10.4 Å². The number of carbonyl (C=O) groups is 2. The molecule has 1 saturated heterocycles. The van der Waals surface area contributed by atoms with E-state index in [4.69, 9.17) is 0 Å². The lowest BCUT2D eigenvalue weighted by atomic mass is 10.0. The van der Waals surface area contributed by atoms with Crippen LogP contribution in [0.15, 0.2) is 0 Å². The van der Waals surface area contributed by atoms with Crippen LogP contribution >= 0.6 is 11.8 Å². The molecule has 2 unspecified atom stereocenters. The fourth-order valence-electron chi connectivity index (χ4n) is 3.25. The maximum absolute atomic E-state index is 12.6. The van der Waals surface area contributed by atoms with E-state index in [1.54, 1.807) is 16.7 Å². The van der Waals surface area contributed by atoms with E-state index in [1.165, 1.54) is 0 Å². The summed E-state index contributed by atoms with van der Waals surface area (Å²) in [6.45, 7) is 10.6. The molecule has 1 aliphatic heterocycles. The molecule has 1 aliphatic carbocycles. The first kappa shape index (κ1) is 16.5. The van der Waals surface area contributed by atoms with Crippen LogP contribution in [0, 0.1) is 10.8 Å². The zero-order valence-corrected chi connectivity index (χ0v) is 14.3. The van der Waals surface area contributed by atoms with Gasteiger partial charge in [0.15, 0.2) is 0 Å². The lowest BCUT2D eigenvalue weighted by Gasteiger charge is -2.27. The minimum absolute atomic E-state index is 0.0268. The van der Waals surface area contributed by atoms with Crippen LogP contribution in [0.5, 0.6) is 0 Å². The molecular weight excluding hydrogens is 288 g/mol. The molecule has 2 aliphatic rings. The number of carboxylic acids is 1. The molecule has 2 fully saturated rings. The van der Waals surface area contributed by atoms with E-state index in [0.717, 1.165) is 12.8 Å². The Kier molecular flexibility index (Phi) is 4.21. The summed E-state index contributed by atoms with van der Waals surface area (Å²) < 4.78 is 0. The number of rotatable bonds is 4. The summed E-state index contributed by atoms with van der Waals surface area (Å²) in [6.07, 6.45) is 1.77. The van der Waals surface area contributed by atoms with Gasteiger partial charge in [-0.3, -0.25) is 4.90 Å². The molecule has 0 spiro atoms. The van der Waals surface area contributed by atoms with E-state index < -0.39 is 12.0 Å². The number of nitrogens with one attached hydrogen (secondary N) is 1. The SMILES string of the molecule is CCCC1SCC(C(=O)O)N1C(=O)NC1C(C)(C)C1(C)C. The highest BCUT2D eigenvalue weighted by Gasteiger charge is 2.66. The molecule has 0 bridgehead atoms. The van der Waals surface area contributed by atoms with Gasteiger partial charge in [0.05, 0.1) is 5.37 Å². The number of carboxylic acid groups (broad SMARTS) is 1. The largest absolute Gasteiger partial charge is 0.480 e. The number of urea groups is 1. The highest BCUT2D eigenvalue weighted by atomic mass is 32.2. The Morgan fingerprint density at radius 3 is 2.29 bits per heavy atom. The summed E-state index contributed by atoms with van der Waals surface area (Å²) in [6, 6.07) is -0.842. The maximum Gasteiger partial charge on any atom is 0.327 e. The van der Waals surface area contributed by atoms with Crippen LogP contribution in [0.4, 0.5) is 4.79 Å². The van der Waals surface area contributed by atoms with Crippen molar-refractivity contribution < 1.29 is 14.7 Å². The number of thioether (sulfide) groups is 1. The van der Waals surface area contributed by atoms with Crippen LogP contribution in [-0.4, -0.2) is 45.2 Å². The van der Waals surface area contributed by atoms with Gasteiger partial charge in [-0.15, -0.1) is 11.8 Å². The summed E-state index contributed by atoms with van der Waals surface area (Å²) in [7, 11) is 0. The second-order valence-corrected chi connectivity index (χ2v) is 8.37. The second kappa shape index (κ2) is 5.38. The third kappa shape index (κ3) is 2.62. The highest BCUT2D eigenvalue weighted by molar-refractivity contribution is 8.00. The van der Waals surface area contributed by atoms with Gasteiger partial charge >= 0.3 is 12.0 Å². The number of hydrogen-bond donors (Lipinski definition) is 2. The van der Waals surface area contributed by atoms with Crippen molar-refractivity contribution in [2.75, 3.05) is 5.75 Å². The van der Waals surface area contributed by atoms with Crippen molar-refractivity contribution in [2.24, 2.45) is 10.8 Å². The van der Waals surface area contributed by atoms with Crippen molar-refractivity contribution in [3.63, 3.8) is 0 Å². The third-order valence-electron chi connectivity index (χ3n) is 5.44. The molecule has 21 heavy (non-hydrogen) atoms. The molecule has 2 atom stereocenters. The van der Waals surface area contributed by atoms with Gasteiger partial charge in [-0.05, 0) is 17.3 Å². The lowest BCUT2D eigenvalue weighted by molar-refractivity contribution is -0.141. The minimum atomic E-state index is -0.912. The van der Waals surface area contributed by atoms with Gasteiger partial charge in [-0.2, -0.15) is 0 Å². The van der Waals surface area contributed by atoms with E-state index in [9.17, 15) is 14.7 Å². The van der Waals surface area contributed by atoms with Gasteiger partial charge in [0.25, 0.3) is 0 Å². The summed E-state index contributed by atoms with van der Waals surface area (Å²) in [4.78, 5) is 25.5. The van der Waals surface area contributed by atoms with E-state index in [1.807, 2.05) is 0 Å². The highest BCUT2D eigenvalue weighted by Crippen LogP contribution is 2.62. The van der Waals surface area contributed by atoms with Gasteiger partial charge in [0.1, 0.15) is 6.04 Å². The fraction of sp³-hybridized carbons (Fsp3) is 0.867. The maximum atomic E-state index is 12.6. The molecule has 1 saturated carbocycles. The van der Waals surface area contributed by atoms with Crippen LogP contribution in [0.25, 0.3) is 0 Å². The Morgan fingerprint density at radius 2 is 1.86 bits per heavy atom. The molecular formula is C15H26N2O3S. The first-order chi connectivity index (χ1) is 9.64. The molecule has 0 aromatic heterocycles. The summed E-state index contributed by atoms with van der Waals surface area (Å²) in [5.41, 5.74) is 0.100. The van der Waals surface area contributed by atoms with Gasteiger partial charge in [0, 0.05) is 11.8 Å². The molecule has 0 aromatic rings. The number of aliphatic carboxylic acids is 1. The summed E-state index contributed by atoms with van der Waals surface area (Å²) in [5.74, 6) is -0.434. The Hall–Kier alpha value is -0.910. The van der Waals surface area contributed by atoms with Gasteiger partial charge in [-0.25, -0.2) is 9.59 Å². The lowest BCUT2D eigenvalue weighted by Crippen LogP contribution is -2.51. The number of amides is 2. The molecule has 120 valence electrons. The first-order valence-corrected chi connectivity index (χ1v) is 8.62. The van der Waals surface area contributed by atoms with E-state index in [-0.39, 0.29) is 28.3 Å². The standard InChI is InChI=1S/C15H26N2O3S/c1-6-7-10-17(9(8-21-10)11(18)19)13(20)16-12-14(2,3)15(12,4)5/h9-10,12H,6-8H2,1-5H3,(H,16,20)(H,18,19). The quantitative estimate of drug-likeness (QED) is 0.837. The average molecular weight is 314 g/mol. The summed E-state index contributed by atoms with van der Waals surface area (Å²) >= 11 is 1.57. The zero-order chi connectivity index (χ0) is 16.0. The number of hydrogen-bond acceptors (Lipinski definition) is 3. The molecule has 5 nitrogen and oxygen atoms in total. The second-order valence-electron chi connectivity index (χ2n) is 7.16. The number of carbonyl (C=O) groups excluding carboxylic acids is 1. The number of nitrogens with zero attached hydrogens (tertiary/aromatic N) is 1. The smallest absolute Gasteiger partial charge is 0.327 e. The van der Waals surface area contributed by atoms with E-state index in [2.05, 4.69) is 39.9 Å². The average Bonchev–Trinajstić information content (AvgIpc) is 2.71. The third-order valence-corrected chi connectivity index (χ3v) is 6.79. The van der Waals surface area contributed by atoms with Crippen LogP contribution in [0.1, 0.15) is 47.5 Å². The van der Waals surface area contributed by atoms with Crippen molar-refractivity contribution in [3.8, 4) is 0 Å². The van der Waals surface area contributed by atoms with Crippen LogP contribution in [0.3, 0.4) is 0 Å². The Morgan fingerprint density at radius 1 is 1.29 bits per heavy atom. The zero-order valence-electron chi connectivity index (χ0n) is 13.5. The molecule has 2 N–H and O–H groups in total. The molecule has 0 radical (unpaired) electrons. The molecule has 2 amide bonds. The van der Waals surface area contributed by atoms with Crippen molar-refractivity contribution in [2.45, 2.75) is 64.9 Å².